The Morgan fingerprint density at radius 2 is 1.62 bits per heavy atom. The highest BCUT2D eigenvalue weighted by atomic mass is 79.9. The molecule has 0 radical (unpaired) electrons. The van der Waals surface area contributed by atoms with E-state index in [1.54, 1.807) is 11.4 Å². The Morgan fingerprint density at radius 3 is 2.03 bits per heavy atom. The van der Waals surface area contributed by atoms with Gasteiger partial charge in [0.25, 0.3) is 0 Å². The minimum atomic E-state index is -4.71. The summed E-state index contributed by atoms with van der Waals surface area (Å²) in [6.07, 6.45) is -9.43. The van der Waals surface area contributed by atoms with E-state index in [2.05, 4.69) is 40.7 Å². The fourth-order valence-electron chi connectivity index (χ4n) is 1.68. The highest BCUT2D eigenvalue weighted by molar-refractivity contribution is 9.10. The number of halogens is 7. The molecule has 2 aromatic heterocycles. The first kappa shape index (κ1) is 23.0. The molecule has 7 nitrogen and oxygen atoms in total. The third-order valence-electron chi connectivity index (χ3n) is 2.85. The van der Waals surface area contributed by atoms with Crippen LogP contribution in [0.25, 0.3) is 0 Å². The third-order valence-corrected chi connectivity index (χ3v) is 4.62. The van der Waals surface area contributed by atoms with Crippen molar-refractivity contribution in [2.24, 2.45) is 0 Å². The monoisotopic (exact) mass is 508 g/mol. The van der Waals surface area contributed by atoms with Gasteiger partial charge in [-0.2, -0.15) is 36.3 Å². The summed E-state index contributed by atoms with van der Waals surface area (Å²) in [5.74, 6) is -2.06. The van der Waals surface area contributed by atoms with Crippen molar-refractivity contribution in [3.63, 3.8) is 0 Å². The Kier molecular flexibility index (Phi) is 7.15. The molecule has 0 atom stereocenters. The number of alkyl halides is 6. The van der Waals surface area contributed by atoms with Gasteiger partial charge < -0.3 is 9.47 Å². The van der Waals surface area contributed by atoms with Gasteiger partial charge in [-0.15, -0.1) is 11.3 Å². The molecule has 0 aliphatic carbocycles. The second-order valence-electron chi connectivity index (χ2n) is 5.27. The lowest BCUT2D eigenvalue weighted by Gasteiger charge is -2.16. The molecule has 2 rings (SSSR count). The predicted molar refractivity (Wildman–Crippen MR) is 94.6 cm³/mol. The summed E-state index contributed by atoms with van der Waals surface area (Å²) in [5.41, 5.74) is 0. The van der Waals surface area contributed by atoms with Crippen LogP contribution in [0.1, 0.15) is 0 Å². The number of carbonyl (C=O) groups excluding carboxylic acids is 1. The van der Waals surface area contributed by atoms with E-state index in [-0.39, 0.29) is 0 Å². The molecule has 2 aromatic rings. The lowest BCUT2D eigenvalue weighted by atomic mass is 10.5. The maximum atomic E-state index is 12.3. The molecular weight excluding hydrogens is 498 g/mol. The summed E-state index contributed by atoms with van der Waals surface area (Å²) < 4.78 is 83.5. The molecule has 0 saturated carbocycles. The number of carbonyl (C=O) groups is 1. The van der Waals surface area contributed by atoms with Gasteiger partial charge in [0, 0.05) is 16.9 Å². The number of aromatic nitrogens is 2. The van der Waals surface area contributed by atoms with Gasteiger partial charge in [-0.3, -0.25) is 10.2 Å². The number of thiophene rings is 1. The zero-order chi connectivity index (χ0) is 21.8. The van der Waals surface area contributed by atoms with Crippen LogP contribution in [-0.2, 0) is 0 Å². The Balaban J connectivity index is 2.20. The van der Waals surface area contributed by atoms with Crippen LogP contribution in [0.3, 0.4) is 0 Å². The summed E-state index contributed by atoms with van der Waals surface area (Å²) in [4.78, 5) is 20.5. The van der Waals surface area contributed by atoms with E-state index in [9.17, 15) is 31.1 Å². The van der Waals surface area contributed by atoms with E-state index in [4.69, 9.17) is 0 Å². The molecule has 15 heteroatoms. The van der Waals surface area contributed by atoms with E-state index >= 15 is 0 Å². The van der Waals surface area contributed by atoms with Gasteiger partial charge >= 0.3 is 18.4 Å². The number of anilines is 2. The van der Waals surface area contributed by atoms with Gasteiger partial charge in [0.05, 0.1) is 11.1 Å². The van der Waals surface area contributed by atoms with Crippen molar-refractivity contribution >= 4 is 44.2 Å². The quantitative estimate of drug-likeness (QED) is 0.564. The number of nitrogens with zero attached hydrogens (tertiary/aromatic N) is 3. The number of urea groups is 1. The number of hydrogen-bond donors (Lipinski definition) is 1. The fourth-order valence-corrected chi connectivity index (χ4v) is 3.06. The minimum Gasteiger partial charge on any atom is -0.468 e. The summed E-state index contributed by atoms with van der Waals surface area (Å²) >= 11 is 4.41. The van der Waals surface area contributed by atoms with Crippen molar-refractivity contribution < 1.29 is 40.6 Å². The Hall–Kier alpha value is -2.29. The number of ether oxygens (including phenoxy) is 2. The van der Waals surface area contributed by atoms with E-state index < -0.39 is 49.3 Å². The average molecular weight is 509 g/mol. The largest absolute Gasteiger partial charge is 0.468 e. The van der Waals surface area contributed by atoms with Crippen LogP contribution in [0.15, 0.2) is 22.0 Å². The predicted octanol–water partition coefficient (Wildman–Crippen LogP) is 4.85. The van der Waals surface area contributed by atoms with Crippen molar-refractivity contribution in [2.75, 3.05) is 30.5 Å². The van der Waals surface area contributed by atoms with E-state index in [1.165, 1.54) is 18.4 Å². The number of hydrogen-bond acceptors (Lipinski definition) is 6. The molecule has 0 unspecified atom stereocenters. The van der Waals surface area contributed by atoms with Crippen molar-refractivity contribution in [3.8, 4) is 11.8 Å². The molecule has 0 saturated heterocycles. The molecule has 0 aliphatic rings. The maximum Gasteiger partial charge on any atom is 0.422 e. The van der Waals surface area contributed by atoms with Gasteiger partial charge in [-0.05, 0) is 22.0 Å². The highest BCUT2D eigenvalue weighted by Crippen LogP contribution is 2.28. The number of rotatable bonds is 6. The summed E-state index contributed by atoms with van der Waals surface area (Å²) in [6.45, 7) is -3.50. The van der Waals surface area contributed by atoms with E-state index in [1.807, 2.05) is 0 Å². The lowest BCUT2D eigenvalue weighted by molar-refractivity contribution is -0.154. The minimum absolute atomic E-state index is 0.493. The first-order valence-corrected chi connectivity index (χ1v) is 9.06. The van der Waals surface area contributed by atoms with Gasteiger partial charge in [-0.25, -0.2) is 4.79 Å². The van der Waals surface area contributed by atoms with Crippen molar-refractivity contribution in [3.05, 3.63) is 22.0 Å². The van der Waals surface area contributed by atoms with Crippen molar-refractivity contribution in [1.29, 1.82) is 0 Å². The average Bonchev–Trinajstić information content (AvgIpc) is 3.02. The Labute approximate surface area is 171 Å². The Morgan fingerprint density at radius 1 is 1.10 bits per heavy atom. The zero-order valence-electron chi connectivity index (χ0n) is 14.3. The van der Waals surface area contributed by atoms with Crippen LogP contribution in [0, 0.1) is 0 Å². The molecule has 0 aromatic carbocycles. The smallest absolute Gasteiger partial charge is 0.422 e. The Bertz CT molecular complexity index is 824. The summed E-state index contributed by atoms with van der Waals surface area (Å²) in [7, 11) is 1.39. The van der Waals surface area contributed by atoms with Gasteiger partial charge in [0.2, 0.25) is 17.7 Å². The molecule has 0 fully saturated rings. The molecule has 160 valence electrons. The van der Waals surface area contributed by atoms with Crippen LogP contribution in [0.5, 0.6) is 11.8 Å². The molecule has 29 heavy (non-hydrogen) atoms. The van der Waals surface area contributed by atoms with Crippen LogP contribution in [0.2, 0.25) is 0 Å². The first-order valence-electron chi connectivity index (χ1n) is 7.39. The van der Waals surface area contributed by atoms with Crippen molar-refractivity contribution in [1.82, 2.24) is 9.97 Å². The second-order valence-corrected chi connectivity index (χ2v) is 7.07. The molecule has 0 spiro atoms. The standard InChI is InChI=1S/C14H11BrF6N4O3S/c1-25(10-2-7(15)4-29-10)12(26)24-11-22-8(27-5-13(16,17)18)3-9(23-11)28-6-14(19,20)21/h2-4H,5-6H2,1H3,(H,22,23,24,26). The van der Waals surface area contributed by atoms with Crippen molar-refractivity contribution in [2.45, 2.75) is 12.4 Å². The molecular formula is C14H11BrF6N4O3S. The van der Waals surface area contributed by atoms with Gasteiger partial charge in [0.1, 0.15) is 0 Å². The molecule has 0 bridgehead atoms. The topological polar surface area (TPSA) is 76.6 Å². The second kappa shape index (κ2) is 9.02. The molecule has 0 aliphatic heterocycles. The summed E-state index contributed by atoms with van der Waals surface area (Å²) in [5, 5.41) is 4.35. The normalized spacial score (nSPS) is 11.9. The van der Waals surface area contributed by atoms with E-state index in [0.717, 1.165) is 4.90 Å². The molecule has 1 N–H and O–H groups in total. The lowest BCUT2D eigenvalue weighted by Crippen LogP contribution is -2.31. The SMILES string of the molecule is CN(C(=O)Nc1nc(OCC(F)(F)F)cc(OCC(F)(F)F)n1)c1cc(Br)cs1. The van der Waals surface area contributed by atoms with Crippen LogP contribution in [-0.4, -0.2) is 48.6 Å². The number of nitrogens with one attached hydrogen (secondary N) is 1. The van der Waals surface area contributed by atoms with Crippen LogP contribution < -0.4 is 19.7 Å². The van der Waals surface area contributed by atoms with Gasteiger partial charge in [0.15, 0.2) is 13.2 Å². The number of amides is 2. The third kappa shape index (κ3) is 7.92. The molecule has 2 amide bonds. The van der Waals surface area contributed by atoms with E-state index in [0.29, 0.717) is 15.5 Å². The maximum absolute atomic E-state index is 12.3. The van der Waals surface area contributed by atoms with Crippen LogP contribution in [0.4, 0.5) is 42.1 Å². The summed E-state index contributed by atoms with van der Waals surface area (Å²) in [6, 6.07) is 1.47. The molecule has 2 heterocycles. The fraction of sp³-hybridized carbons (Fsp3) is 0.357. The zero-order valence-corrected chi connectivity index (χ0v) is 16.7. The van der Waals surface area contributed by atoms with Gasteiger partial charge in [-0.1, -0.05) is 0 Å². The highest BCUT2D eigenvalue weighted by Gasteiger charge is 2.30. The van der Waals surface area contributed by atoms with Crippen LogP contribution >= 0.6 is 27.3 Å². The first-order chi connectivity index (χ1) is 13.3.